The zero-order valence-electron chi connectivity index (χ0n) is 14.8. The minimum Gasteiger partial charge on any atom is -0.347 e. The third-order valence-electron chi connectivity index (χ3n) is 4.80. The summed E-state index contributed by atoms with van der Waals surface area (Å²) in [4.78, 5) is 29.9. The van der Waals surface area contributed by atoms with Crippen LogP contribution in [0.4, 0.5) is 8.78 Å². The van der Waals surface area contributed by atoms with Gasteiger partial charge in [-0.25, -0.2) is 8.78 Å². The fourth-order valence-electron chi connectivity index (χ4n) is 2.77. The van der Waals surface area contributed by atoms with Crippen molar-refractivity contribution in [3.63, 3.8) is 0 Å². The summed E-state index contributed by atoms with van der Waals surface area (Å²) in [5, 5.41) is 3.75. The zero-order valence-corrected chi connectivity index (χ0v) is 14.8. The number of nitrogens with zero attached hydrogens (tertiary/aromatic N) is 4. The highest BCUT2D eigenvalue weighted by Gasteiger charge is 2.59. The van der Waals surface area contributed by atoms with Gasteiger partial charge in [0.2, 0.25) is 5.91 Å². The minimum absolute atomic E-state index is 0.000138. The maximum Gasteiger partial charge on any atom is 0.263 e. The molecule has 26 heavy (non-hydrogen) atoms. The average molecular weight is 366 g/mol. The van der Waals surface area contributed by atoms with Crippen LogP contribution in [-0.4, -0.2) is 45.5 Å². The smallest absolute Gasteiger partial charge is 0.263 e. The van der Waals surface area contributed by atoms with Gasteiger partial charge in [0.05, 0.1) is 0 Å². The number of rotatable bonds is 6. The Labute approximate surface area is 148 Å². The first-order chi connectivity index (χ1) is 12.1. The second-order valence-electron chi connectivity index (χ2n) is 7.00. The number of hydrogen-bond acceptors (Lipinski definition) is 5. The number of pyridine rings is 1. The molecule has 0 aliphatic heterocycles. The molecule has 2 aromatic rings. The molecule has 0 spiro atoms. The van der Waals surface area contributed by atoms with E-state index in [1.54, 1.807) is 20.2 Å². The molecule has 2 aromatic heterocycles. The molecule has 0 bridgehead atoms. The summed E-state index contributed by atoms with van der Waals surface area (Å²) in [7, 11) is 3.19. The summed E-state index contributed by atoms with van der Waals surface area (Å²) in [6.07, 6.45) is 2.30. The van der Waals surface area contributed by atoms with E-state index in [0.717, 1.165) is 6.92 Å². The van der Waals surface area contributed by atoms with E-state index in [1.165, 1.54) is 21.7 Å². The van der Waals surface area contributed by atoms with Crippen molar-refractivity contribution in [3.8, 4) is 11.5 Å². The standard InChI is InChI=1S/C17H20F2N4O3/c1-16(18,19)17(6-7-17)9-12-20-14(26-21-12)11-5-4-8-23(15(11)25)10-13(24)22(2)3/h4-5,8H,6-7,9-10H2,1-3H3. The van der Waals surface area contributed by atoms with Crippen LogP contribution < -0.4 is 5.56 Å². The van der Waals surface area contributed by atoms with Crippen LogP contribution in [0.25, 0.3) is 11.5 Å². The first-order valence-electron chi connectivity index (χ1n) is 8.23. The molecule has 1 amide bonds. The summed E-state index contributed by atoms with van der Waals surface area (Å²) in [5.41, 5.74) is -1.45. The molecular weight excluding hydrogens is 346 g/mol. The molecule has 1 saturated carbocycles. The first kappa shape index (κ1) is 18.2. The van der Waals surface area contributed by atoms with Gasteiger partial charge in [0.1, 0.15) is 12.1 Å². The van der Waals surface area contributed by atoms with Crippen LogP contribution in [0.3, 0.4) is 0 Å². The summed E-state index contributed by atoms with van der Waals surface area (Å²) >= 11 is 0. The molecule has 9 heteroatoms. The SMILES string of the molecule is CN(C)C(=O)Cn1cccc(-c2nc(CC3(C(C)(F)F)CC3)no2)c1=O. The summed E-state index contributed by atoms with van der Waals surface area (Å²) in [5.74, 6) is -2.94. The monoisotopic (exact) mass is 366 g/mol. The molecule has 1 fully saturated rings. The van der Waals surface area contributed by atoms with Gasteiger partial charge in [-0.3, -0.25) is 9.59 Å². The Bertz CT molecular complexity index is 879. The van der Waals surface area contributed by atoms with E-state index in [0.29, 0.717) is 12.8 Å². The number of carbonyl (C=O) groups excluding carboxylic acids is 1. The molecule has 0 aromatic carbocycles. The Morgan fingerprint density at radius 3 is 2.69 bits per heavy atom. The number of aromatic nitrogens is 3. The lowest BCUT2D eigenvalue weighted by atomic mass is 9.95. The number of halogens is 2. The molecule has 140 valence electrons. The van der Waals surface area contributed by atoms with Crippen molar-refractivity contribution in [3.05, 3.63) is 34.5 Å². The predicted octanol–water partition coefficient (Wildman–Crippen LogP) is 1.96. The van der Waals surface area contributed by atoms with Gasteiger partial charge in [0.15, 0.2) is 5.82 Å². The van der Waals surface area contributed by atoms with Gasteiger partial charge >= 0.3 is 0 Å². The molecular formula is C17H20F2N4O3. The third kappa shape index (κ3) is 3.38. The van der Waals surface area contributed by atoms with Crippen LogP contribution in [-0.2, 0) is 17.8 Å². The van der Waals surface area contributed by atoms with E-state index >= 15 is 0 Å². The molecule has 3 rings (SSSR count). The van der Waals surface area contributed by atoms with Gasteiger partial charge in [-0.05, 0) is 31.9 Å². The number of carbonyl (C=O) groups is 1. The van der Waals surface area contributed by atoms with E-state index in [-0.39, 0.29) is 36.2 Å². The topological polar surface area (TPSA) is 81.2 Å². The van der Waals surface area contributed by atoms with E-state index < -0.39 is 16.9 Å². The fraction of sp³-hybridized carbons (Fsp3) is 0.529. The van der Waals surface area contributed by atoms with Gasteiger partial charge in [0, 0.05) is 32.1 Å². The normalized spacial score (nSPS) is 15.7. The highest BCUT2D eigenvalue weighted by molar-refractivity contribution is 5.75. The largest absolute Gasteiger partial charge is 0.347 e. The van der Waals surface area contributed by atoms with Crippen molar-refractivity contribution < 1.29 is 18.1 Å². The first-order valence-corrected chi connectivity index (χ1v) is 8.23. The Hall–Kier alpha value is -2.58. The average Bonchev–Trinajstić information content (AvgIpc) is 3.20. The Morgan fingerprint density at radius 2 is 2.12 bits per heavy atom. The van der Waals surface area contributed by atoms with Crippen molar-refractivity contribution in [1.29, 1.82) is 0 Å². The summed E-state index contributed by atoms with van der Waals surface area (Å²) < 4.78 is 33.8. The lowest BCUT2D eigenvalue weighted by Crippen LogP contribution is -2.31. The lowest BCUT2D eigenvalue weighted by Gasteiger charge is -2.20. The third-order valence-corrected chi connectivity index (χ3v) is 4.80. The highest BCUT2D eigenvalue weighted by atomic mass is 19.3. The van der Waals surface area contributed by atoms with Crippen molar-refractivity contribution in [2.75, 3.05) is 14.1 Å². The second-order valence-corrected chi connectivity index (χ2v) is 7.00. The summed E-state index contributed by atoms with van der Waals surface area (Å²) in [6.45, 7) is 0.782. The predicted molar refractivity (Wildman–Crippen MR) is 88.7 cm³/mol. The van der Waals surface area contributed by atoms with Crippen LogP contribution in [0.1, 0.15) is 25.6 Å². The van der Waals surface area contributed by atoms with Gasteiger partial charge in [-0.1, -0.05) is 5.16 Å². The van der Waals surface area contributed by atoms with Crippen molar-refractivity contribution in [2.45, 2.75) is 38.7 Å². The van der Waals surface area contributed by atoms with Crippen molar-refractivity contribution >= 4 is 5.91 Å². The Kier molecular flexibility index (Phi) is 4.41. The zero-order chi connectivity index (χ0) is 19.1. The molecule has 0 N–H and O–H groups in total. The van der Waals surface area contributed by atoms with Gasteiger partial charge < -0.3 is 14.0 Å². The Balaban J connectivity index is 1.84. The van der Waals surface area contributed by atoms with E-state index in [1.807, 2.05) is 0 Å². The van der Waals surface area contributed by atoms with Gasteiger partial charge in [0.25, 0.3) is 17.4 Å². The molecule has 0 atom stereocenters. The number of amides is 1. The van der Waals surface area contributed by atoms with Crippen LogP contribution >= 0.6 is 0 Å². The van der Waals surface area contributed by atoms with Crippen LogP contribution in [0, 0.1) is 5.41 Å². The van der Waals surface area contributed by atoms with E-state index in [2.05, 4.69) is 10.1 Å². The van der Waals surface area contributed by atoms with Crippen LogP contribution in [0.5, 0.6) is 0 Å². The molecule has 0 saturated heterocycles. The molecule has 0 radical (unpaired) electrons. The number of likely N-dealkylation sites (N-methyl/N-ethyl adjacent to an activating group) is 1. The van der Waals surface area contributed by atoms with Gasteiger partial charge in [-0.15, -0.1) is 0 Å². The second kappa shape index (κ2) is 6.30. The summed E-state index contributed by atoms with van der Waals surface area (Å²) in [6, 6.07) is 3.09. The van der Waals surface area contributed by atoms with E-state index in [4.69, 9.17) is 4.52 Å². The lowest BCUT2D eigenvalue weighted by molar-refractivity contribution is -0.129. The number of hydrogen-bond donors (Lipinski definition) is 0. The minimum atomic E-state index is -2.82. The van der Waals surface area contributed by atoms with Crippen LogP contribution in [0.15, 0.2) is 27.6 Å². The molecule has 0 unspecified atom stereocenters. The highest BCUT2D eigenvalue weighted by Crippen LogP contribution is 2.58. The fourth-order valence-corrected chi connectivity index (χ4v) is 2.77. The van der Waals surface area contributed by atoms with E-state index in [9.17, 15) is 18.4 Å². The Morgan fingerprint density at radius 1 is 1.42 bits per heavy atom. The maximum absolute atomic E-state index is 13.7. The van der Waals surface area contributed by atoms with Crippen molar-refractivity contribution in [1.82, 2.24) is 19.6 Å². The molecule has 1 aliphatic rings. The van der Waals surface area contributed by atoms with Gasteiger partial charge in [-0.2, -0.15) is 4.98 Å². The molecule has 1 aliphatic carbocycles. The molecule has 2 heterocycles. The molecule has 7 nitrogen and oxygen atoms in total. The quantitative estimate of drug-likeness (QED) is 0.781. The maximum atomic E-state index is 13.7. The number of alkyl halides is 2. The van der Waals surface area contributed by atoms with Crippen LogP contribution in [0.2, 0.25) is 0 Å². The van der Waals surface area contributed by atoms with Crippen molar-refractivity contribution in [2.24, 2.45) is 5.41 Å².